The third-order valence-corrected chi connectivity index (χ3v) is 4.35. The summed E-state index contributed by atoms with van der Waals surface area (Å²) < 4.78 is 5.05. The van der Waals surface area contributed by atoms with Gasteiger partial charge in [0, 0.05) is 6.04 Å². The van der Waals surface area contributed by atoms with Crippen molar-refractivity contribution < 1.29 is 19.4 Å². The number of carbonyl (C=O) groups is 2. The van der Waals surface area contributed by atoms with Crippen molar-refractivity contribution in [2.75, 3.05) is 6.61 Å². The van der Waals surface area contributed by atoms with E-state index in [2.05, 4.69) is 12.2 Å². The molecular formula is C19H22N2O4. The van der Waals surface area contributed by atoms with Crippen molar-refractivity contribution >= 4 is 18.0 Å². The highest BCUT2D eigenvalue weighted by atomic mass is 16.5. The number of ether oxygens (including phenoxy) is 1. The van der Waals surface area contributed by atoms with Gasteiger partial charge in [-0.15, -0.1) is 0 Å². The fourth-order valence-electron chi connectivity index (χ4n) is 2.90. The van der Waals surface area contributed by atoms with E-state index in [0.717, 1.165) is 19.3 Å². The van der Waals surface area contributed by atoms with E-state index < -0.39 is 12.6 Å². The van der Waals surface area contributed by atoms with Crippen molar-refractivity contribution in [3.05, 3.63) is 35.4 Å². The van der Waals surface area contributed by atoms with E-state index in [1.807, 2.05) is 6.07 Å². The molecule has 132 valence electrons. The van der Waals surface area contributed by atoms with Crippen LogP contribution < -0.4 is 10.1 Å². The van der Waals surface area contributed by atoms with Crippen molar-refractivity contribution in [1.29, 1.82) is 5.26 Å². The molecular weight excluding hydrogens is 320 g/mol. The average molecular weight is 342 g/mol. The lowest BCUT2D eigenvalue weighted by atomic mass is 9.86. The maximum Gasteiger partial charge on any atom is 0.341 e. The summed E-state index contributed by atoms with van der Waals surface area (Å²) in [6.07, 6.45) is 5.84. The first-order valence-electron chi connectivity index (χ1n) is 8.37. The third kappa shape index (κ3) is 5.64. The fourth-order valence-corrected chi connectivity index (χ4v) is 2.90. The number of carboxylic acid groups (broad SMARTS) is 1. The van der Waals surface area contributed by atoms with Gasteiger partial charge in [-0.2, -0.15) is 5.26 Å². The molecule has 1 aromatic rings. The van der Waals surface area contributed by atoms with Gasteiger partial charge < -0.3 is 15.2 Å². The van der Waals surface area contributed by atoms with Crippen LogP contribution in [0.1, 0.15) is 38.2 Å². The standard InChI is InChI=1S/C19H22N2O4/c1-13-4-2-3-5-17(13)21-19(24)15(11-20)10-14-6-8-16(9-7-14)25-12-18(22)23/h6-10,13,17H,2-5,12H2,1H3,(H,21,24)(H,22,23)/b15-10+/t13-,17-/m0/s1. The van der Waals surface area contributed by atoms with Gasteiger partial charge in [-0.05, 0) is 42.5 Å². The van der Waals surface area contributed by atoms with Crippen molar-refractivity contribution in [2.45, 2.75) is 38.6 Å². The largest absolute Gasteiger partial charge is 0.482 e. The zero-order valence-electron chi connectivity index (χ0n) is 14.2. The number of carbonyl (C=O) groups excluding carboxylic acids is 1. The number of carboxylic acids is 1. The molecule has 0 heterocycles. The number of rotatable bonds is 6. The topological polar surface area (TPSA) is 99.4 Å². The van der Waals surface area contributed by atoms with Crippen molar-refractivity contribution in [2.24, 2.45) is 5.92 Å². The molecule has 0 spiro atoms. The Hall–Kier alpha value is -2.81. The van der Waals surface area contributed by atoms with Gasteiger partial charge in [0.05, 0.1) is 0 Å². The van der Waals surface area contributed by atoms with Crippen molar-refractivity contribution in [3.63, 3.8) is 0 Å². The summed E-state index contributed by atoms with van der Waals surface area (Å²) in [5, 5.41) is 20.8. The van der Waals surface area contributed by atoms with Crippen LogP contribution in [0.15, 0.2) is 29.8 Å². The SMILES string of the molecule is C[C@H]1CCCC[C@@H]1NC(=O)/C(C#N)=C/c1ccc(OCC(=O)O)cc1. The Morgan fingerprint density at radius 1 is 1.32 bits per heavy atom. The van der Waals surface area contributed by atoms with E-state index >= 15 is 0 Å². The van der Waals surface area contributed by atoms with Gasteiger partial charge in [-0.25, -0.2) is 4.79 Å². The molecule has 0 unspecified atom stereocenters. The second-order valence-corrected chi connectivity index (χ2v) is 6.26. The van der Waals surface area contributed by atoms with Crippen LogP contribution in [-0.4, -0.2) is 29.6 Å². The second kappa shape index (κ2) is 8.88. The minimum atomic E-state index is -1.05. The molecule has 0 aliphatic heterocycles. The van der Waals surface area contributed by atoms with Crippen molar-refractivity contribution in [1.82, 2.24) is 5.32 Å². The minimum Gasteiger partial charge on any atom is -0.482 e. The molecule has 2 atom stereocenters. The summed E-state index contributed by atoms with van der Waals surface area (Å²) in [6.45, 7) is 1.70. The molecule has 0 radical (unpaired) electrons. The van der Waals surface area contributed by atoms with Gasteiger partial charge in [0.25, 0.3) is 5.91 Å². The van der Waals surface area contributed by atoms with E-state index in [9.17, 15) is 14.9 Å². The van der Waals surface area contributed by atoms with E-state index in [0.29, 0.717) is 17.2 Å². The zero-order chi connectivity index (χ0) is 18.2. The molecule has 1 amide bonds. The molecule has 0 aromatic heterocycles. The Morgan fingerprint density at radius 3 is 2.60 bits per heavy atom. The van der Waals surface area contributed by atoms with E-state index in [4.69, 9.17) is 9.84 Å². The summed E-state index contributed by atoms with van der Waals surface area (Å²) in [5.41, 5.74) is 0.725. The Morgan fingerprint density at radius 2 is 2.00 bits per heavy atom. The van der Waals surface area contributed by atoms with Gasteiger partial charge in [0.15, 0.2) is 6.61 Å². The van der Waals surface area contributed by atoms with Crippen LogP contribution in [0.5, 0.6) is 5.75 Å². The van der Waals surface area contributed by atoms with Gasteiger partial charge in [0.1, 0.15) is 17.4 Å². The zero-order valence-corrected chi connectivity index (χ0v) is 14.2. The minimum absolute atomic E-state index is 0.0528. The van der Waals surface area contributed by atoms with Crippen LogP contribution in [0, 0.1) is 17.2 Å². The summed E-state index contributed by atoms with van der Waals surface area (Å²) in [7, 11) is 0. The van der Waals surface area contributed by atoms with Crippen LogP contribution >= 0.6 is 0 Å². The molecule has 1 fully saturated rings. The van der Waals surface area contributed by atoms with Crippen LogP contribution in [-0.2, 0) is 9.59 Å². The maximum absolute atomic E-state index is 12.3. The molecule has 0 saturated heterocycles. The van der Waals surface area contributed by atoms with Gasteiger partial charge in [0.2, 0.25) is 0 Å². The highest BCUT2D eigenvalue weighted by Gasteiger charge is 2.23. The van der Waals surface area contributed by atoms with Gasteiger partial charge in [-0.3, -0.25) is 4.79 Å². The smallest absolute Gasteiger partial charge is 0.341 e. The molecule has 25 heavy (non-hydrogen) atoms. The molecule has 2 N–H and O–H groups in total. The quantitative estimate of drug-likeness (QED) is 0.612. The molecule has 0 bridgehead atoms. The normalized spacial score (nSPS) is 20.4. The Balaban J connectivity index is 2.02. The second-order valence-electron chi connectivity index (χ2n) is 6.26. The van der Waals surface area contributed by atoms with Crippen LogP contribution in [0.2, 0.25) is 0 Å². The van der Waals surface area contributed by atoms with Crippen LogP contribution in [0.3, 0.4) is 0 Å². The van der Waals surface area contributed by atoms with E-state index in [1.165, 1.54) is 12.5 Å². The lowest BCUT2D eigenvalue weighted by Crippen LogP contribution is -2.41. The van der Waals surface area contributed by atoms with Crippen LogP contribution in [0.25, 0.3) is 6.08 Å². The monoisotopic (exact) mass is 342 g/mol. The number of nitriles is 1. The number of nitrogens with zero attached hydrogens (tertiary/aromatic N) is 1. The predicted molar refractivity (Wildman–Crippen MR) is 92.7 cm³/mol. The highest BCUT2D eigenvalue weighted by Crippen LogP contribution is 2.24. The number of hydrogen-bond donors (Lipinski definition) is 2. The summed E-state index contributed by atoms with van der Waals surface area (Å²) in [5.74, 6) is -0.571. The molecule has 1 aliphatic carbocycles. The van der Waals surface area contributed by atoms with Gasteiger partial charge in [-0.1, -0.05) is 31.9 Å². The summed E-state index contributed by atoms with van der Waals surface area (Å²) in [4.78, 5) is 22.8. The van der Waals surface area contributed by atoms with Crippen molar-refractivity contribution in [3.8, 4) is 11.8 Å². The molecule has 6 heteroatoms. The van der Waals surface area contributed by atoms with E-state index in [-0.39, 0.29) is 17.5 Å². The number of nitrogens with one attached hydrogen (secondary N) is 1. The van der Waals surface area contributed by atoms with Crippen LogP contribution in [0.4, 0.5) is 0 Å². The fraction of sp³-hybridized carbons (Fsp3) is 0.421. The first-order chi connectivity index (χ1) is 12.0. The Kier molecular flexibility index (Phi) is 6.58. The highest BCUT2D eigenvalue weighted by molar-refractivity contribution is 6.01. The summed E-state index contributed by atoms with van der Waals surface area (Å²) in [6, 6.07) is 8.61. The Bertz CT molecular complexity index is 688. The summed E-state index contributed by atoms with van der Waals surface area (Å²) >= 11 is 0. The lowest BCUT2D eigenvalue weighted by Gasteiger charge is -2.29. The predicted octanol–water partition coefficient (Wildman–Crippen LogP) is 2.75. The number of hydrogen-bond acceptors (Lipinski definition) is 4. The third-order valence-electron chi connectivity index (χ3n) is 4.35. The number of aliphatic carboxylic acids is 1. The number of benzene rings is 1. The molecule has 6 nitrogen and oxygen atoms in total. The Labute approximate surface area is 147 Å². The molecule has 2 rings (SSSR count). The molecule has 1 aromatic carbocycles. The molecule has 1 aliphatic rings. The first kappa shape index (κ1) is 18.5. The maximum atomic E-state index is 12.3. The van der Waals surface area contributed by atoms with E-state index in [1.54, 1.807) is 24.3 Å². The lowest BCUT2D eigenvalue weighted by molar-refractivity contribution is -0.139. The van der Waals surface area contributed by atoms with Gasteiger partial charge >= 0.3 is 5.97 Å². The molecule has 1 saturated carbocycles. The first-order valence-corrected chi connectivity index (χ1v) is 8.37. The average Bonchev–Trinajstić information content (AvgIpc) is 2.60. The number of amides is 1.